The van der Waals surface area contributed by atoms with Gasteiger partial charge < -0.3 is 4.57 Å². The Bertz CT molecular complexity index is 243. The van der Waals surface area contributed by atoms with Crippen molar-refractivity contribution in [3.8, 4) is 0 Å². The maximum absolute atomic E-state index is 4.34. The van der Waals surface area contributed by atoms with Gasteiger partial charge in [-0.2, -0.15) is 0 Å². The number of aromatic nitrogens is 2. The van der Waals surface area contributed by atoms with Crippen LogP contribution in [0, 0.1) is 0 Å². The Morgan fingerprint density at radius 2 is 2.08 bits per heavy atom. The Labute approximate surface area is 74.6 Å². The monoisotopic (exact) mass is 166 g/mol. The molecule has 1 aromatic rings. The van der Waals surface area contributed by atoms with E-state index in [0.29, 0.717) is 0 Å². The summed E-state index contributed by atoms with van der Waals surface area (Å²) in [5, 5.41) is 0. The quantitative estimate of drug-likeness (QED) is 0.660. The molecule has 0 fully saturated rings. The van der Waals surface area contributed by atoms with Crippen LogP contribution in [0.25, 0.3) is 0 Å². The zero-order valence-corrected chi connectivity index (χ0v) is 8.46. The van der Waals surface area contributed by atoms with Crippen molar-refractivity contribution in [2.75, 3.05) is 0 Å². The first-order valence-electron chi connectivity index (χ1n) is 4.58. The van der Waals surface area contributed by atoms with E-state index in [0.717, 1.165) is 12.8 Å². The van der Waals surface area contributed by atoms with Gasteiger partial charge in [-0.25, -0.2) is 4.98 Å². The number of nitrogens with zero attached hydrogens (tertiary/aromatic N) is 2. The van der Waals surface area contributed by atoms with Crippen LogP contribution in [0.2, 0.25) is 0 Å². The molecule has 1 heterocycles. The smallest absolute Gasteiger partial charge is 0.109 e. The Morgan fingerprint density at radius 3 is 2.58 bits per heavy atom. The van der Waals surface area contributed by atoms with Crippen molar-refractivity contribution in [3.05, 3.63) is 18.2 Å². The molecule has 0 amide bonds. The molecule has 0 N–H and O–H groups in total. The fraction of sp³-hybridized carbons (Fsp3) is 0.700. The Kier molecular flexibility index (Phi) is 2.55. The third-order valence-corrected chi connectivity index (χ3v) is 1.91. The summed E-state index contributed by atoms with van der Waals surface area (Å²) in [6.45, 7) is 8.79. The molecule has 0 saturated heterocycles. The highest BCUT2D eigenvalue weighted by atomic mass is 15.1. The van der Waals surface area contributed by atoms with E-state index in [1.807, 2.05) is 6.20 Å². The Hall–Kier alpha value is -0.790. The summed E-state index contributed by atoms with van der Waals surface area (Å²) in [4.78, 5) is 4.34. The average molecular weight is 166 g/mol. The SMILES string of the molecule is CCCc1nccn1C(C)(C)C. The van der Waals surface area contributed by atoms with Gasteiger partial charge in [0.05, 0.1) is 0 Å². The minimum atomic E-state index is 0.168. The molecule has 0 radical (unpaired) electrons. The Balaban J connectivity index is 2.91. The van der Waals surface area contributed by atoms with E-state index in [1.165, 1.54) is 5.82 Å². The van der Waals surface area contributed by atoms with E-state index in [2.05, 4.69) is 43.4 Å². The second kappa shape index (κ2) is 3.30. The zero-order chi connectivity index (χ0) is 9.19. The van der Waals surface area contributed by atoms with Gasteiger partial charge in [0.15, 0.2) is 0 Å². The highest BCUT2D eigenvalue weighted by Gasteiger charge is 2.15. The van der Waals surface area contributed by atoms with E-state index in [-0.39, 0.29) is 5.54 Å². The number of hydrogen-bond acceptors (Lipinski definition) is 1. The first-order valence-corrected chi connectivity index (χ1v) is 4.58. The molecular weight excluding hydrogens is 148 g/mol. The van der Waals surface area contributed by atoms with Crippen LogP contribution < -0.4 is 0 Å². The molecular formula is C10H18N2. The largest absolute Gasteiger partial charge is 0.330 e. The van der Waals surface area contributed by atoms with Gasteiger partial charge in [0.2, 0.25) is 0 Å². The van der Waals surface area contributed by atoms with Gasteiger partial charge in [-0.1, -0.05) is 6.92 Å². The number of imidazole rings is 1. The second-order valence-electron chi connectivity index (χ2n) is 4.13. The molecule has 12 heavy (non-hydrogen) atoms. The molecule has 2 nitrogen and oxygen atoms in total. The summed E-state index contributed by atoms with van der Waals surface area (Å²) >= 11 is 0. The van der Waals surface area contributed by atoms with Crippen LogP contribution >= 0.6 is 0 Å². The lowest BCUT2D eigenvalue weighted by molar-refractivity contribution is 0.381. The van der Waals surface area contributed by atoms with Gasteiger partial charge in [0.1, 0.15) is 5.82 Å². The van der Waals surface area contributed by atoms with Crippen LogP contribution in [-0.4, -0.2) is 9.55 Å². The summed E-state index contributed by atoms with van der Waals surface area (Å²) in [5.41, 5.74) is 0.168. The van der Waals surface area contributed by atoms with Gasteiger partial charge in [-0.05, 0) is 27.2 Å². The highest BCUT2D eigenvalue weighted by Crippen LogP contribution is 2.16. The highest BCUT2D eigenvalue weighted by molar-refractivity contribution is 4.97. The topological polar surface area (TPSA) is 17.8 Å². The minimum Gasteiger partial charge on any atom is -0.330 e. The molecule has 1 aromatic heterocycles. The lowest BCUT2D eigenvalue weighted by atomic mass is 10.1. The van der Waals surface area contributed by atoms with Gasteiger partial charge in [-0.3, -0.25) is 0 Å². The summed E-state index contributed by atoms with van der Waals surface area (Å²) in [6, 6.07) is 0. The Morgan fingerprint density at radius 1 is 1.42 bits per heavy atom. The van der Waals surface area contributed by atoms with Gasteiger partial charge in [0, 0.05) is 24.4 Å². The predicted octanol–water partition coefficient (Wildman–Crippen LogP) is 2.59. The summed E-state index contributed by atoms with van der Waals surface area (Å²) in [6.07, 6.45) is 6.18. The maximum atomic E-state index is 4.34. The third kappa shape index (κ3) is 1.87. The molecule has 1 rings (SSSR count). The molecule has 0 bridgehead atoms. The van der Waals surface area contributed by atoms with E-state index in [4.69, 9.17) is 0 Å². The van der Waals surface area contributed by atoms with Crippen molar-refractivity contribution < 1.29 is 0 Å². The van der Waals surface area contributed by atoms with Crippen molar-refractivity contribution >= 4 is 0 Å². The fourth-order valence-corrected chi connectivity index (χ4v) is 1.35. The van der Waals surface area contributed by atoms with Crippen LogP contribution in [-0.2, 0) is 12.0 Å². The number of aryl methyl sites for hydroxylation is 1. The first kappa shape index (κ1) is 9.30. The average Bonchev–Trinajstić information content (AvgIpc) is 2.34. The molecule has 0 aliphatic rings. The third-order valence-electron chi connectivity index (χ3n) is 1.91. The summed E-state index contributed by atoms with van der Waals surface area (Å²) in [7, 11) is 0. The zero-order valence-electron chi connectivity index (χ0n) is 8.46. The van der Waals surface area contributed by atoms with E-state index in [9.17, 15) is 0 Å². The molecule has 0 atom stereocenters. The van der Waals surface area contributed by atoms with Gasteiger partial charge in [-0.15, -0.1) is 0 Å². The summed E-state index contributed by atoms with van der Waals surface area (Å²) in [5.74, 6) is 1.20. The van der Waals surface area contributed by atoms with Gasteiger partial charge >= 0.3 is 0 Å². The van der Waals surface area contributed by atoms with E-state index >= 15 is 0 Å². The van der Waals surface area contributed by atoms with Crippen LogP contribution in [0.1, 0.15) is 39.9 Å². The molecule has 0 aliphatic heterocycles. The van der Waals surface area contributed by atoms with Crippen LogP contribution in [0.4, 0.5) is 0 Å². The van der Waals surface area contributed by atoms with Crippen LogP contribution in [0.3, 0.4) is 0 Å². The molecule has 0 aromatic carbocycles. The number of hydrogen-bond donors (Lipinski definition) is 0. The van der Waals surface area contributed by atoms with Gasteiger partial charge in [0.25, 0.3) is 0 Å². The van der Waals surface area contributed by atoms with E-state index in [1.54, 1.807) is 0 Å². The van der Waals surface area contributed by atoms with Crippen molar-refractivity contribution in [1.82, 2.24) is 9.55 Å². The first-order chi connectivity index (χ1) is 5.55. The molecule has 0 aliphatic carbocycles. The molecule has 68 valence electrons. The second-order valence-corrected chi connectivity index (χ2v) is 4.13. The van der Waals surface area contributed by atoms with Crippen LogP contribution in [0.15, 0.2) is 12.4 Å². The molecule has 0 unspecified atom stereocenters. The van der Waals surface area contributed by atoms with Crippen molar-refractivity contribution in [2.45, 2.75) is 46.1 Å². The van der Waals surface area contributed by atoms with E-state index < -0.39 is 0 Å². The number of rotatable bonds is 2. The van der Waals surface area contributed by atoms with Crippen molar-refractivity contribution in [1.29, 1.82) is 0 Å². The van der Waals surface area contributed by atoms with Crippen molar-refractivity contribution in [2.24, 2.45) is 0 Å². The fourth-order valence-electron chi connectivity index (χ4n) is 1.35. The molecule has 2 heteroatoms. The van der Waals surface area contributed by atoms with Crippen LogP contribution in [0.5, 0.6) is 0 Å². The minimum absolute atomic E-state index is 0.168. The molecule has 0 saturated carbocycles. The summed E-state index contributed by atoms with van der Waals surface area (Å²) < 4.78 is 2.25. The molecule has 0 spiro atoms. The van der Waals surface area contributed by atoms with Crippen molar-refractivity contribution in [3.63, 3.8) is 0 Å². The maximum Gasteiger partial charge on any atom is 0.109 e. The predicted molar refractivity (Wildman–Crippen MR) is 51.2 cm³/mol. The standard InChI is InChI=1S/C10H18N2/c1-5-6-9-11-7-8-12(9)10(2,3)4/h7-8H,5-6H2,1-4H3. The normalized spacial score (nSPS) is 12.0. The lowest BCUT2D eigenvalue weighted by Crippen LogP contribution is -2.23. The lowest BCUT2D eigenvalue weighted by Gasteiger charge is -2.23.